The van der Waals surface area contributed by atoms with Crippen molar-refractivity contribution in [3.05, 3.63) is 35.9 Å². The topological polar surface area (TPSA) is 58.4 Å². The van der Waals surface area contributed by atoms with Gasteiger partial charge in [0.05, 0.1) is 6.04 Å². The number of nitrogens with zero attached hydrogens (tertiary/aromatic N) is 1. The third-order valence-corrected chi connectivity index (χ3v) is 3.19. The maximum Gasteiger partial charge on any atom is 0.235 e. The number of carbonyl (C=O) groups is 1. The Morgan fingerprint density at radius 2 is 1.94 bits per heavy atom. The van der Waals surface area contributed by atoms with Crippen LogP contribution in [0, 0.1) is 0 Å². The molecule has 1 saturated heterocycles. The molecule has 2 rings (SSSR count). The Hall–Kier alpha value is -1.39. The molecule has 0 spiro atoms. The molecule has 4 heteroatoms. The predicted octanol–water partition coefficient (Wildman–Crippen LogP) is -0.0118. The molecule has 1 amide bonds. The number of benzene rings is 1. The summed E-state index contributed by atoms with van der Waals surface area (Å²) >= 11 is 0. The zero-order valence-corrected chi connectivity index (χ0v) is 9.93. The molecule has 0 unspecified atom stereocenters. The minimum atomic E-state index is -0.226. The quantitative estimate of drug-likeness (QED) is 0.769. The van der Waals surface area contributed by atoms with E-state index in [0.717, 1.165) is 31.7 Å². The van der Waals surface area contributed by atoms with Crippen LogP contribution in [0.3, 0.4) is 0 Å². The van der Waals surface area contributed by atoms with E-state index in [1.54, 1.807) is 0 Å². The smallest absolute Gasteiger partial charge is 0.235 e. The van der Waals surface area contributed by atoms with Crippen molar-refractivity contribution in [3.63, 3.8) is 0 Å². The van der Waals surface area contributed by atoms with Crippen LogP contribution in [-0.4, -0.2) is 43.0 Å². The van der Waals surface area contributed by atoms with E-state index in [0.29, 0.717) is 6.42 Å². The van der Waals surface area contributed by atoms with Gasteiger partial charge in [-0.15, -0.1) is 0 Å². The second kappa shape index (κ2) is 5.80. The third kappa shape index (κ3) is 3.28. The first-order chi connectivity index (χ1) is 8.27. The van der Waals surface area contributed by atoms with Crippen molar-refractivity contribution >= 4 is 5.91 Å². The summed E-state index contributed by atoms with van der Waals surface area (Å²) in [5.41, 5.74) is 6.68. The molecule has 0 bridgehead atoms. The summed E-state index contributed by atoms with van der Waals surface area (Å²) < 4.78 is 0. The number of hydrogen-bond donors (Lipinski definition) is 2. The Morgan fingerprint density at radius 1 is 1.29 bits per heavy atom. The molecule has 1 aliphatic heterocycles. The van der Waals surface area contributed by atoms with Crippen molar-refractivity contribution < 1.29 is 4.79 Å². The monoisotopic (exact) mass is 233 g/mol. The molecule has 1 heterocycles. The Morgan fingerprint density at radius 3 is 2.53 bits per heavy atom. The summed E-state index contributed by atoms with van der Waals surface area (Å²) in [6.45, 7) is 3.64. The number of primary amides is 1. The summed E-state index contributed by atoms with van der Waals surface area (Å²) in [5.74, 6) is -0.226. The first-order valence-corrected chi connectivity index (χ1v) is 6.05. The zero-order valence-electron chi connectivity index (χ0n) is 9.93. The summed E-state index contributed by atoms with van der Waals surface area (Å²) in [6.07, 6.45) is 0.705. The van der Waals surface area contributed by atoms with Crippen molar-refractivity contribution in [2.75, 3.05) is 26.2 Å². The molecule has 4 nitrogen and oxygen atoms in total. The Bertz CT molecular complexity index is 360. The Labute approximate surface area is 102 Å². The lowest BCUT2D eigenvalue weighted by Crippen LogP contribution is -2.53. The molecule has 0 aromatic heterocycles. The van der Waals surface area contributed by atoms with Gasteiger partial charge in [0.2, 0.25) is 5.91 Å². The molecule has 1 aliphatic rings. The van der Waals surface area contributed by atoms with Crippen LogP contribution >= 0.6 is 0 Å². The van der Waals surface area contributed by atoms with Gasteiger partial charge < -0.3 is 11.1 Å². The van der Waals surface area contributed by atoms with Gasteiger partial charge >= 0.3 is 0 Å². The summed E-state index contributed by atoms with van der Waals surface area (Å²) in [7, 11) is 0. The Kier molecular flexibility index (Phi) is 4.12. The summed E-state index contributed by atoms with van der Waals surface area (Å²) in [5, 5.41) is 3.28. The van der Waals surface area contributed by atoms with Crippen LogP contribution in [0.25, 0.3) is 0 Å². The van der Waals surface area contributed by atoms with Gasteiger partial charge in [-0.1, -0.05) is 30.3 Å². The van der Waals surface area contributed by atoms with Crippen LogP contribution in [0.4, 0.5) is 0 Å². The Balaban J connectivity index is 2.04. The SMILES string of the molecule is NC(=O)[C@H](Cc1ccccc1)N1CCNCC1. The highest BCUT2D eigenvalue weighted by Gasteiger charge is 2.25. The van der Waals surface area contributed by atoms with Gasteiger partial charge in [-0.25, -0.2) is 0 Å². The first-order valence-electron chi connectivity index (χ1n) is 6.05. The molecule has 0 radical (unpaired) electrons. The molecule has 0 saturated carbocycles. The maximum absolute atomic E-state index is 11.6. The molecule has 3 N–H and O–H groups in total. The van der Waals surface area contributed by atoms with Gasteiger partial charge in [0.25, 0.3) is 0 Å². The van der Waals surface area contributed by atoms with E-state index in [-0.39, 0.29) is 11.9 Å². The molecular weight excluding hydrogens is 214 g/mol. The van der Waals surface area contributed by atoms with E-state index in [9.17, 15) is 4.79 Å². The van der Waals surface area contributed by atoms with E-state index in [1.165, 1.54) is 0 Å². The molecule has 0 aliphatic carbocycles. The highest BCUT2D eigenvalue weighted by atomic mass is 16.1. The molecule has 1 atom stereocenters. The molecular formula is C13H19N3O. The molecule has 1 aromatic carbocycles. The van der Waals surface area contributed by atoms with E-state index >= 15 is 0 Å². The van der Waals surface area contributed by atoms with Gasteiger partial charge in [0, 0.05) is 26.2 Å². The fourth-order valence-corrected chi connectivity index (χ4v) is 2.24. The van der Waals surface area contributed by atoms with Gasteiger partial charge in [0.1, 0.15) is 0 Å². The van der Waals surface area contributed by atoms with Crippen LogP contribution < -0.4 is 11.1 Å². The number of amides is 1. The summed E-state index contributed by atoms with van der Waals surface area (Å²) in [6, 6.07) is 9.86. The standard InChI is InChI=1S/C13H19N3O/c14-13(17)12(16-8-6-15-7-9-16)10-11-4-2-1-3-5-11/h1-5,12,15H,6-10H2,(H2,14,17)/t12-/m0/s1. The van der Waals surface area contributed by atoms with E-state index in [4.69, 9.17) is 5.73 Å². The van der Waals surface area contributed by atoms with Crippen molar-refractivity contribution in [1.82, 2.24) is 10.2 Å². The lowest BCUT2D eigenvalue weighted by atomic mass is 10.0. The zero-order chi connectivity index (χ0) is 12.1. The third-order valence-electron chi connectivity index (χ3n) is 3.19. The minimum absolute atomic E-state index is 0.181. The maximum atomic E-state index is 11.6. The minimum Gasteiger partial charge on any atom is -0.368 e. The number of rotatable bonds is 4. The van der Waals surface area contributed by atoms with Crippen LogP contribution in [0.15, 0.2) is 30.3 Å². The molecule has 92 valence electrons. The lowest BCUT2D eigenvalue weighted by Gasteiger charge is -2.33. The average molecular weight is 233 g/mol. The summed E-state index contributed by atoms with van der Waals surface area (Å²) in [4.78, 5) is 13.7. The normalized spacial score (nSPS) is 18.8. The number of nitrogens with two attached hydrogens (primary N) is 1. The van der Waals surface area contributed by atoms with Crippen molar-refractivity contribution in [3.8, 4) is 0 Å². The van der Waals surface area contributed by atoms with E-state index in [2.05, 4.69) is 10.2 Å². The van der Waals surface area contributed by atoms with Crippen LogP contribution in [0.1, 0.15) is 5.56 Å². The first kappa shape index (κ1) is 12.1. The largest absolute Gasteiger partial charge is 0.368 e. The fraction of sp³-hybridized carbons (Fsp3) is 0.462. The van der Waals surface area contributed by atoms with E-state index in [1.807, 2.05) is 30.3 Å². The number of hydrogen-bond acceptors (Lipinski definition) is 3. The highest BCUT2D eigenvalue weighted by Crippen LogP contribution is 2.09. The van der Waals surface area contributed by atoms with Crippen molar-refractivity contribution in [1.29, 1.82) is 0 Å². The highest BCUT2D eigenvalue weighted by molar-refractivity contribution is 5.80. The average Bonchev–Trinajstić information content (AvgIpc) is 2.38. The lowest BCUT2D eigenvalue weighted by molar-refractivity contribution is -0.123. The van der Waals surface area contributed by atoms with Crippen LogP contribution in [0.2, 0.25) is 0 Å². The van der Waals surface area contributed by atoms with Crippen LogP contribution in [0.5, 0.6) is 0 Å². The van der Waals surface area contributed by atoms with Crippen molar-refractivity contribution in [2.45, 2.75) is 12.5 Å². The number of carbonyl (C=O) groups excluding carboxylic acids is 1. The van der Waals surface area contributed by atoms with Gasteiger partial charge in [-0.2, -0.15) is 0 Å². The van der Waals surface area contributed by atoms with Crippen molar-refractivity contribution in [2.24, 2.45) is 5.73 Å². The molecule has 17 heavy (non-hydrogen) atoms. The van der Waals surface area contributed by atoms with Gasteiger partial charge in [-0.3, -0.25) is 9.69 Å². The van der Waals surface area contributed by atoms with Gasteiger partial charge in [-0.05, 0) is 12.0 Å². The van der Waals surface area contributed by atoms with Gasteiger partial charge in [0.15, 0.2) is 0 Å². The van der Waals surface area contributed by atoms with E-state index < -0.39 is 0 Å². The fourth-order valence-electron chi connectivity index (χ4n) is 2.24. The second-order valence-corrected chi connectivity index (χ2v) is 4.39. The predicted molar refractivity (Wildman–Crippen MR) is 67.6 cm³/mol. The number of piperazine rings is 1. The van der Waals surface area contributed by atoms with Crippen LogP contribution in [-0.2, 0) is 11.2 Å². The molecule has 1 fully saturated rings. The number of nitrogens with one attached hydrogen (secondary N) is 1. The second-order valence-electron chi connectivity index (χ2n) is 4.39. The molecule has 1 aromatic rings.